The Labute approximate surface area is 162 Å². The number of benzene rings is 1. The van der Waals surface area contributed by atoms with Crippen LogP contribution in [0.4, 0.5) is 10.5 Å². The number of anilines is 1. The number of nitrogens with zero attached hydrogens (tertiary/aromatic N) is 2. The molecule has 3 aliphatic rings. The lowest BCUT2D eigenvalue weighted by molar-refractivity contribution is 0.105. The van der Waals surface area contributed by atoms with Gasteiger partial charge in [-0.15, -0.1) is 0 Å². The molecular formula is C21H33N3O3. The molecule has 4 rings (SSSR count). The Kier molecular flexibility index (Phi) is 5.56. The highest BCUT2D eigenvalue weighted by atomic mass is 16.5. The second-order valence-electron chi connectivity index (χ2n) is 8.72. The van der Waals surface area contributed by atoms with Gasteiger partial charge in [-0.1, -0.05) is 20.8 Å². The summed E-state index contributed by atoms with van der Waals surface area (Å²) in [5.74, 6) is 0.846. The number of piperidine rings is 1. The maximum absolute atomic E-state index is 12.0. The molecule has 6 heteroatoms. The molecule has 2 amide bonds. The van der Waals surface area contributed by atoms with E-state index in [1.165, 1.54) is 5.69 Å². The second-order valence-corrected chi connectivity index (χ2v) is 8.72. The van der Waals surface area contributed by atoms with Gasteiger partial charge in [-0.3, -0.25) is 0 Å². The molecule has 3 heterocycles. The van der Waals surface area contributed by atoms with Crippen molar-refractivity contribution in [2.24, 2.45) is 16.6 Å². The van der Waals surface area contributed by atoms with Crippen LogP contribution < -0.4 is 15.4 Å². The van der Waals surface area contributed by atoms with Crippen LogP contribution in [0, 0.1) is 10.8 Å². The van der Waals surface area contributed by atoms with E-state index in [0.29, 0.717) is 19.8 Å². The summed E-state index contributed by atoms with van der Waals surface area (Å²) < 4.78 is 10.7. The number of nitrogens with two attached hydrogens (primary N) is 1. The van der Waals surface area contributed by atoms with E-state index in [1.54, 1.807) is 7.11 Å². The predicted octanol–water partition coefficient (Wildman–Crippen LogP) is 3.11. The summed E-state index contributed by atoms with van der Waals surface area (Å²) in [6.45, 7) is 10.4. The number of urea groups is 1. The van der Waals surface area contributed by atoms with Crippen molar-refractivity contribution < 1.29 is 14.3 Å². The highest BCUT2D eigenvalue weighted by Gasteiger charge is 2.52. The van der Waals surface area contributed by atoms with Crippen LogP contribution in [0.2, 0.25) is 0 Å². The lowest BCUT2D eigenvalue weighted by atomic mass is 9.65. The predicted molar refractivity (Wildman–Crippen MR) is 107 cm³/mol. The van der Waals surface area contributed by atoms with Gasteiger partial charge in [-0.2, -0.15) is 0 Å². The van der Waals surface area contributed by atoms with Gasteiger partial charge in [0.1, 0.15) is 12.4 Å². The third kappa shape index (κ3) is 4.00. The molecule has 1 aromatic rings. The minimum atomic E-state index is -0.306. The van der Waals surface area contributed by atoms with Crippen LogP contribution in [-0.2, 0) is 4.74 Å². The Morgan fingerprint density at radius 3 is 2.52 bits per heavy atom. The van der Waals surface area contributed by atoms with Crippen LogP contribution in [0.1, 0.15) is 33.6 Å². The molecule has 3 aliphatic heterocycles. The number of rotatable bonds is 6. The highest BCUT2D eigenvalue weighted by Crippen LogP contribution is 2.50. The maximum Gasteiger partial charge on any atom is 0.314 e. The monoisotopic (exact) mass is 375 g/mol. The number of hydrogen-bond acceptors (Lipinski definition) is 4. The molecule has 1 aromatic carbocycles. The number of fused-ring (bicyclic) bond motifs is 4. The third-order valence-electron chi connectivity index (χ3n) is 6.32. The maximum atomic E-state index is 12.0. The van der Waals surface area contributed by atoms with E-state index in [1.807, 2.05) is 17.0 Å². The minimum absolute atomic E-state index is 0.0686. The van der Waals surface area contributed by atoms with E-state index < -0.39 is 0 Å². The summed E-state index contributed by atoms with van der Waals surface area (Å²) >= 11 is 0. The molecule has 0 saturated carbocycles. The van der Waals surface area contributed by atoms with Crippen LogP contribution in [0.3, 0.4) is 0 Å². The van der Waals surface area contributed by atoms with Gasteiger partial charge >= 0.3 is 6.03 Å². The number of amides is 2. The molecule has 2 unspecified atom stereocenters. The molecule has 2 atom stereocenters. The first-order valence-corrected chi connectivity index (χ1v) is 9.83. The fraction of sp³-hybridized carbons (Fsp3) is 0.667. The standard InChI is InChI=1S/C21H33N3O3/c1-5-21-13-20(2,3)18(12-23(14-21)19(22)25)24(15-21)16-6-8-17(9-7-16)27-11-10-26-4/h6-9,18H,5,10-15H2,1-4H3,(H2,22,25). The fourth-order valence-corrected chi connectivity index (χ4v) is 4.93. The zero-order chi connectivity index (χ0) is 19.7. The third-order valence-corrected chi connectivity index (χ3v) is 6.32. The second kappa shape index (κ2) is 7.58. The average Bonchev–Trinajstić information content (AvgIpc) is 2.87. The van der Waals surface area contributed by atoms with Gasteiger partial charge < -0.3 is 25.0 Å². The lowest BCUT2D eigenvalue weighted by Crippen LogP contribution is -2.57. The van der Waals surface area contributed by atoms with E-state index in [2.05, 4.69) is 37.8 Å². The van der Waals surface area contributed by atoms with Crippen LogP contribution >= 0.6 is 0 Å². The fourth-order valence-electron chi connectivity index (χ4n) is 4.93. The van der Waals surface area contributed by atoms with Crippen LogP contribution in [0.25, 0.3) is 0 Å². The number of methoxy groups -OCH3 is 1. The van der Waals surface area contributed by atoms with E-state index in [0.717, 1.165) is 31.7 Å². The Balaban J connectivity index is 1.87. The summed E-state index contributed by atoms with van der Waals surface area (Å²) in [5.41, 5.74) is 7.04. The summed E-state index contributed by atoms with van der Waals surface area (Å²) in [6, 6.07) is 8.21. The van der Waals surface area contributed by atoms with Gasteiger partial charge in [0.2, 0.25) is 0 Å². The number of carbonyl (C=O) groups is 1. The quantitative estimate of drug-likeness (QED) is 0.776. The van der Waals surface area contributed by atoms with Crippen molar-refractivity contribution >= 4 is 11.7 Å². The summed E-state index contributed by atoms with van der Waals surface area (Å²) in [7, 11) is 1.67. The zero-order valence-corrected chi connectivity index (χ0v) is 17.0. The van der Waals surface area contributed by atoms with Gasteiger partial charge in [0.25, 0.3) is 0 Å². The molecule has 6 nitrogen and oxygen atoms in total. The van der Waals surface area contributed by atoms with Crippen LogP contribution in [0.15, 0.2) is 24.3 Å². The number of primary amides is 1. The summed E-state index contributed by atoms with van der Waals surface area (Å²) in [4.78, 5) is 16.3. The topological polar surface area (TPSA) is 68.0 Å². The first-order chi connectivity index (χ1) is 12.8. The van der Waals surface area contributed by atoms with E-state index >= 15 is 0 Å². The molecule has 0 spiro atoms. The van der Waals surface area contributed by atoms with Crippen molar-refractivity contribution in [3.63, 3.8) is 0 Å². The number of carbonyl (C=O) groups excluding carboxylic acids is 1. The van der Waals surface area contributed by atoms with Crippen molar-refractivity contribution in [3.8, 4) is 5.75 Å². The first kappa shape index (κ1) is 19.8. The zero-order valence-electron chi connectivity index (χ0n) is 17.0. The lowest BCUT2D eigenvalue weighted by Gasteiger charge is -2.52. The normalized spacial score (nSPS) is 26.7. The largest absolute Gasteiger partial charge is 0.491 e. The van der Waals surface area contributed by atoms with E-state index in [-0.39, 0.29) is 22.9 Å². The van der Waals surface area contributed by atoms with Crippen molar-refractivity contribution in [1.82, 2.24) is 4.90 Å². The molecular weight excluding hydrogens is 342 g/mol. The summed E-state index contributed by atoms with van der Waals surface area (Å²) in [5, 5.41) is 0. The Bertz CT molecular complexity index is 661. The Morgan fingerprint density at radius 1 is 1.22 bits per heavy atom. The molecule has 3 fully saturated rings. The van der Waals surface area contributed by atoms with Crippen molar-refractivity contribution in [2.75, 3.05) is 44.9 Å². The van der Waals surface area contributed by atoms with Crippen molar-refractivity contribution in [1.29, 1.82) is 0 Å². The highest BCUT2D eigenvalue weighted by molar-refractivity contribution is 5.72. The molecule has 0 aromatic heterocycles. The smallest absolute Gasteiger partial charge is 0.314 e. The van der Waals surface area contributed by atoms with Crippen LogP contribution in [0.5, 0.6) is 5.75 Å². The minimum Gasteiger partial charge on any atom is -0.491 e. The number of hydrogen-bond donors (Lipinski definition) is 1. The van der Waals surface area contributed by atoms with Gasteiger partial charge in [0.05, 0.1) is 12.6 Å². The molecule has 3 saturated heterocycles. The van der Waals surface area contributed by atoms with Crippen molar-refractivity contribution in [2.45, 2.75) is 39.7 Å². The van der Waals surface area contributed by atoms with E-state index in [4.69, 9.17) is 15.2 Å². The van der Waals surface area contributed by atoms with Crippen LogP contribution in [-0.4, -0.2) is 56.9 Å². The van der Waals surface area contributed by atoms with Gasteiger partial charge in [0.15, 0.2) is 0 Å². The van der Waals surface area contributed by atoms with E-state index in [9.17, 15) is 4.79 Å². The molecule has 2 bridgehead atoms. The summed E-state index contributed by atoms with van der Waals surface area (Å²) in [6.07, 6.45) is 2.14. The molecule has 150 valence electrons. The van der Waals surface area contributed by atoms with Gasteiger partial charge in [-0.25, -0.2) is 4.79 Å². The van der Waals surface area contributed by atoms with Gasteiger partial charge in [0, 0.05) is 37.8 Å². The van der Waals surface area contributed by atoms with Crippen molar-refractivity contribution in [3.05, 3.63) is 24.3 Å². The molecule has 0 radical (unpaired) electrons. The molecule has 2 N–H and O–H groups in total. The average molecular weight is 376 g/mol. The first-order valence-electron chi connectivity index (χ1n) is 9.83. The SMILES string of the molecule is CCC12CN(C(N)=O)CC(N(c3ccc(OCCOC)cc3)C1)C(C)(C)C2. The number of ether oxygens (including phenoxy) is 2. The molecule has 27 heavy (non-hydrogen) atoms. The van der Waals surface area contributed by atoms with Gasteiger partial charge in [-0.05, 0) is 42.5 Å². The molecule has 0 aliphatic carbocycles. The Morgan fingerprint density at radius 2 is 1.93 bits per heavy atom. The Hall–Kier alpha value is -1.95.